The van der Waals surface area contributed by atoms with Crippen molar-refractivity contribution in [2.24, 2.45) is 23.7 Å². The van der Waals surface area contributed by atoms with Crippen LogP contribution in [-0.2, 0) is 25.4 Å². The average Bonchev–Trinajstić information content (AvgIpc) is 3.43. The van der Waals surface area contributed by atoms with Crippen molar-refractivity contribution in [2.75, 3.05) is 0 Å². The number of benzene rings is 3. The molecule has 1 nitrogen and oxygen atoms in total. The van der Waals surface area contributed by atoms with Crippen LogP contribution in [0.1, 0.15) is 116 Å². The lowest BCUT2D eigenvalue weighted by molar-refractivity contribution is -0.137. The van der Waals surface area contributed by atoms with Crippen LogP contribution in [-0.4, -0.2) is 5.78 Å². The van der Waals surface area contributed by atoms with Gasteiger partial charge in [-0.05, 0) is 104 Å². The highest BCUT2D eigenvalue weighted by atomic mass is 19.4. The number of carbonyl (C=O) groups is 1. The Morgan fingerprint density at radius 2 is 1.20 bits per heavy atom. The first kappa shape index (κ1) is 34.2. The van der Waals surface area contributed by atoms with E-state index in [0.29, 0.717) is 18.3 Å². The standard InChI is InChI=1S/C42H51F3O/c43-42(44,45)40-29-25-38(26-30-40)31-37-13-5-9-33(21-22-37)12-6-14-41(46)39-27-23-36(24-28-39)20-19-35-11-4-10-34(17-18-35)16-15-32-7-2-1-3-8-32/h1-3,6-8,12,23-30,33-35,37H,4-5,9-11,13-22,31H2/b12-6+. The minimum Gasteiger partial charge on any atom is -0.294 e. The van der Waals surface area contributed by atoms with E-state index in [0.717, 1.165) is 67.9 Å². The molecule has 4 atom stereocenters. The molecule has 2 aliphatic rings. The van der Waals surface area contributed by atoms with Crippen LogP contribution in [0.2, 0.25) is 0 Å². The van der Waals surface area contributed by atoms with Gasteiger partial charge in [0.1, 0.15) is 0 Å². The van der Waals surface area contributed by atoms with Gasteiger partial charge in [0.25, 0.3) is 0 Å². The second-order valence-corrected chi connectivity index (χ2v) is 14.1. The molecule has 4 heteroatoms. The lowest BCUT2D eigenvalue weighted by Crippen LogP contribution is -2.06. The molecule has 3 aromatic carbocycles. The summed E-state index contributed by atoms with van der Waals surface area (Å²) >= 11 is 0. The molecule has 3 aromatic rings. The van der Waals surface area contributed by atoms with Gasteiger partial charge in [0.2, 0.25) is 0 Å². The zero-order chi connectivity index (χ0) is 32.2. The van der Waals surface area contributed by atoms with Crippen molar-refractivity contribution in [1.29, 1.82) is 0 Å². The fourth-order valence-corrected chi connectivity index (χ4v) is 7.73. The molecule has 246 valence electrons. The summed E-state index contributed by atoms with van der Waals surface area (Å²) in [4.78, 5) is 12.9. The molecular formula is C42H51F3O. The van der Waals surface area contributed by atoms with Crippen LogP contribution in [0.15, 0.2) is 91.0 Å². The summed E-state index contributed by atoms with van der Waals surface area (Å²) in [6.07, 6.45) is 18.4. The van der Waals surface area contributed by atoms with Crippen LogP contribution >= 0.6 is 0 Å². The van der Waals surface area contributed by atoms with Crippen molar-refractivity contribution in [1.82, 2.24) is 0 Å². The number of aryl methyl sites for hydroxylation is 2. The molecule has 0 aliphatic heterocycles. The van der Waals surface area contributed by atoms with E-state index in [1.54, 1.807) is 12.1 Å². The third-order valence-electron chi connectivity index (χ3n) is 10.7. The summed E-state index contributed by atoms with van der Waals surface area (Å²) in [6, 6.07) is 24.9. The number of rotatable bonds is 12. The predicted molar refractivity (Wildman–Crippen MR) is 183 cm³/mol. The van der Waals surface area contributed by atoms with Gasteiger partial charge in [0.15, 0.2) is 5.78 Å². The lowest BCUT2D eigenvalue weighted by Gasteiger charge is -2.15. The quantitative estimate of drug-likeness (QED) is 0.111. The van der Waals surface area contributed by atoms with Crippen LogP contribution in [0.3, 0.4) is 0 Å². The van der Waals surface area contributed by atoms with Gasteiger partial charge in [-0.15, -0.1) is 0 Å². The van der Waals surface area contributed by atoms with Gasteiger partial charge < -0.3 is 0 Å². The predicted octanol–water partition coefficient (Wildman–Crippen LogP) is 12.0. The van der Waals surface area contributed by atoms with E-state index < -0.39 is 11.7 Å². The Morgan fingerprint density at radius 3 is 1.85 bits per heavy atom. The zero-order valence-electron chi connectivity index (χ0n) is 27.3. The number of ketones is 1. The monoisotopic (exact) mass is 628 g/mol. The molecule has 4 unspecified atom stereocenters. The molecule has 2 saturated carbocycles. The number of allylic oxidation sites excluding steroid dienone is 2. The first-order valence-corrected chi connectivity index (χ1v) is 17.8. The zero-order valence-corrected chi connectivity index (χ0v) is 27.3. The molecule has 0 radical (unpaired) electrons. The van der Waals surface area contributed by atoms with E-state index >= 15 is 0 Å². The maximum absolute atomic E-state index is 12.9. The number of Topliss-reactive ketones (excluding diaryl/α,β-unsaturated/α-hetero) is 1. The fraction of sp³-hybridized carbons (Fsp3) is 0.500. The van der Waals surface area contributed by atoms with Gasteiger partial charge in [-0.2, -0.15) is 13.2 Å². The Morgan fingerprint density at radius 1 is 0.630 bits per heavy atom. The Hall–Kier alpha value is -3.14. The van der Waals surface area contributed by atoms with Crippen molar-refractivity contribution >= 4 is 5.78 Å². The normalized spacial score (nSPS) is 22.8. The minimum atomic E-state index is -4.28. The van der Waals surface area contributed by atoms with Crippen LogP contribution in [0, 0.1) is 23.7 Å². The molecular weight excluding hydrogens is 577 g/mol. The van der Waals surface area contributed by atoms with Crippen molar-refractivity contribution < 1.29 is 18.0 Å². The lowest BCUT2D eigenvalue weighted by atomic mass is 9.90. The van der Waals surface area contributed by atoms with E-state index in [-0.39, 0.29) is 5.78 Å². The molecule has 0 heterocycles. The molecule has 0 N–H and O–H groups in total. The second-order valence-electron chi connectivity index (χ2n) is 14.1. The maximum Gasteiger partial charge on any atom is 0.416 e. The van der Waals surface area contributed by atoms with Crippen molar-refractivity contribution in [2.45, 2.75) is 109 Å². The molecule has 2 fully saturated rings. The third-order valence-corrected chi connectivity index (χ3v) is 10.7. The number of alkyl halides is 3. The molecule has 2 aliphatic carbocycles. The number of halogens is 3. The molecule has 5 rings (SSSR count). The van der Waals surface area contributed by atoms with Crippen molar-refractivity contribution in [3.05, 3.63) is 119 Å². The summed E-state index contributed by atoms with van der Waals surface area (Å²) in [6.45, 7) is 0. The van der Waals surface area contributed by atoms with E-state index in [4.69, 9.17) is 0 Å². The fourth-order valence-electron chi connectivity index (χ4n) is 7.73. The van der Waals surface area contributed by atoms with E-state index in [9.17, 15) is 18.0 Å². The SMILES string of the molecule is O=C(C/C=C/C1CCCC(Cc2ccc(C(F)(F)F)cc2)CC1)c1ccc(CCC2CCCC(CCc3ccccc3)CC2)cc1. The molecule has 46 heavy (non-hydrogen) atoms. The number of hydrogen-bond acceptors (Lipinski definition) is 1. The van der Waals surface area contributed by atoms with Gasteiger partial charge >= 0.3 is 6.18 Å². The highest BCUT2D eigenvalue weighted by Crippen LogP contribution is 2.34. The summed E-state index contributed by atoms with van der Waals surface area (Å²) in [5.41, 5.74) is 3.99. The van der Waals surface area contributed by atoms with Gasteiger partial charge in [-0.25, -0.2) is 0 Å². The number of hydrogen-bond donors (Lipinski definition) is 0. The van der Waals surface area contributed by atoms with E-state index in [2.05, 4.69) is 54.6 Å². The molecule has 0 spiro atoms. The van der Waals surface area contributed by atoms with Crippen LogP contribution in [0.25, 0.3) is 0 Å². The van der Waals surface area contributed by atoms with Crippen molar-refractivity contribution in [3.8, 4) is 0 Å². The van der Waals surface area contributed by atoms with Gasteiger partial charge in [0.05, 0.1) is 5.56 Å². The van der Waals surface area contributed by atoms with Gasteiger partial charge in [0, 0.05) is 12.0 Å². The Labute approximate surface area is 274 Å². The average molecular weight is 629 g/mol. The Balaban J connectivity index is 0.989. The Bertz CT molecular complexity index is 1360. The number of carbonyl (C=O) groups excluding carboxylic acids is 1. The summed E-state index contributed by atoms with van der Waals surface area (Å²) < 4.78 is 38.6. The van der Waals surface area contributed by atoms with Gasteiger partial charge in [-0.3, -0.25) is 4.79 Å². The summed E-state index contributed by atoms with van der Waals surface area (Å²) in [5.74, 6) is 2.82. The molecule has 0 aromatic heterocycles. The van der Waals surface area contributed by atoms with Crippen LogP contribution < -0.4 is 0 Å². The third kappa shape index (κ3) is 11.0. The smallest absolute Gasteiger partial charge is 0.294 e. The molecule has 0 amide bonds. The topological polar surface area (TPSA) is 17.1 Å². The van der Waals surface area contributed by atoms with Crippen molar-refractivity contribution in [3.63, 3.8) is 0 Å². The summed E-state index contributed by atoms with van der Waals surface area (Å²) in [5, 5.41) is 0. The maximum atomic E-state index is 12.9. The Kier molecular flexibility index (Phi) is 12.7. The largest absolute Gasteiger partial charge is 0.416 e. The highest BCUT2D eigenvalue weighted by molar-refractivity contribution is 5.97. The summed E-state index contributed by atoms with van der Waals surface area (Å²) in [7, 11) is 0. The first-order chi connectivity index (χ1) is 22.3. The molecule has 0 bridgehead atoms. The van der Waals surface area contributed by atoms with E-state index in [1.165, 1.54) is 74.6 Å². The van der Waals surface area contributed by atoms with E-state index in [1.807, 2.05) is 12.1 Å². The van der Waals surface area contributed by atoms with Crippen LogP contribution in [0.4, 0.5) is 13.2 Å². The molecule has 0 saturated heterocycles. The second kappa shape index (κ2) is 17.1. The van der Waals surface area contributed by atoms with Crippen LogP contribution in [0.5, 0.6) is 0 Å². The highest BCUT2D eigenvalue weighted by Gasteiger charge is 2.30. The van der Waals surface area contributed by atoms with Gasteiger partial charge in [-0.1, -0.05) is 124 Å². The first-order valence-electron chi connectivity index (χ1n) is 17.8. The minimum absolute atomic E-state index is 0.168.